The monoisotopic (exact) mass is 1010 g/mol. The van der Waals surface area contributed by atoms with E-state index >= 15 is 9.13 Å². The SMILES string of the molecule is CCCc1cc(C)cc(CCC)c1OP(=O)(Oc1c(CCC)cc(C)cc1CCC)c1ccc(-c2ccc(P(=O)(Oc3c(CCC)cc(C)cc3CCC)Oc3c(CCC)cc(C)cc3CCC)cc2)cc1. The summed E-state index contributed by atoms with van der Waals surface area (Å²) in [6.07, 6.45) is 13.8. The minimum atomic E-state index is -4.07. The van der Waals surface area contributed by atoms with Gasteiger partial charge in [0.15, 0.2) is 0 Å². The standard InChI is InChI=1S/C64H84O6P2/c1-13-21-51-37-45(9)38-52(22-14-2)61(51)67-71(65,68-62-53(23-15-3)39-46(10)40-54(62)24-16-4)59-33-29-49(30-34-59)50-31-35-60(36-32-50)72(66,69-63-55(25-17-5)41-47(11)42-56(63)26-18-6)70-64-57(27-19-7)43-48(12)44-58(64)28-20-8/h29-44H,13-28H2,1-12H3. The lowest BCUT2D eigenvalue weighted by Gasteiger charge is -2.27. The highest BCUT2D eigenvalue weighted by Gasteiger charge is 2.37. The number of hydrogen-bond acceptors (Lipinski definition) is 6. The molecule has 0 heterocycles. The number of benzene rings is 6. The molecular weight excluding hydrogens is 927 g/mol. The summed E-state index contributed by atoms with van der Waals surface area (Å²) < 4.78 is 60.0. The Balaban J connectivity index is 1.47. The maximum Gasteiger partial charge on any atom is 0.462 e. The molecule has 0 radical (unpaired) electrons. The zero-order valence-corrected chi connectivity index (χ0v) is 47.7. The smallest absolute Gasteiger partial charge is 0.412 e. The average molecular weight is 1010 g/mol. The largest absolute Gasteiger partial charge is 0.462 e. The third-order valence-corrected chi connectivity index (χ3v) is 16.8. The second-order valence-corrected chi connectivity index (χ2v) is 23.9. The molecule has 6 aromatic rings. The van der Waals surface area contributed by atoms with E-state index in [1.54, 1.807) is 0 Å². The lowest BCUT2D eigenvalue weighted by atomic mass is 9.99. The molecule has 72 heavy (non-hydrogen) atoms. The summed E-state index contributed by atoms with van der Waals surface area (Å²) in [6.45, 7) is 25.8. The first kappa shape index (κ1) is 56.3. The number of rotatable bonds is 27. The molecule has 0 fully saturated rings. The van der Waals surface area contributed by atoms with Crippen molar-refractivity contribution in [3.63, 3.8) is 0 Å². The first-order chi connectivity index (χ1) is 34.7. The van der Waals surface area contributed by atoms with E-state index in [1.165, 1.54) is 22.3 Å². The average Bonchev–Trinajstić information content (AvgIpc) is 3.34. The molecule has 6 nitrogen and oxygen atoms in total. The molecule has 8 heteroatoms. The molecule has 6 rings (SSSR count). The number of aryl methyl sites for hydroxylation is 12. The quantitative estimate of drug-likeness (QED) is 0.0479. The fourth-order valence-corrected chi connectivity index (χ4v) is 13.6. The van der Waals surface area contributed by atoms with Crippen molar-refractivity contribution in [2.24, 2.45) is 0 Å². The first-order valence-corrected chi connectivity index (χ1v) is 30.4. The van der Waals surface area contributed by atoms with Crippen LogP contribution in [0.15, 0.2) is 97.1 Å². The zero-order chi connectivity index (χ0) is 52.0. The second-order valence-electron chi connectivity index (χ2n) is 20.1. The Hall–Kier alpha value is -5.02. The summed E-state index contributed by atoms with van der Waals surface area (Å²) in [7, 11) is -8.14. The van der Waals surface area contributed by atoms with E-state index < -0.39 is 15.2 Å². The highest BCUT2D eigenvalue weighted by Crippen LogP contribution is 2.54. The van der Waals surface area contributed by atoms with Gasteiger partial charge in [0.1, 0.15) is 23.0 Å². The molecule has 0 aliphatic heterocycles. The van der Waals surface area contributed by atoms with Crippen LogP contribution in [0.5, 0.6) is 23.0 Å². The summed E-state index contributed by atoms with van der Waals surface area (Å²) in [4.78, 5) is 0. The molecule has 0 aromatic heterocycles. The van der Waals surface area contributed by atoms with Crippen LogP contribution in [0, 0.1) is 27.7 Å². The van der Waals surface area contributed by atoms with Gasteiger partial charge in [0, 0.05) is 0 Å². The van der Waals surface area contributed by atoms with Crippen LogP contribution in [0.3, 0.4) is 0 Å². The first-order valence-electron chi connectivity index (χ1n) is 27.4. The van der Waals surface area contributed by atoms with Crippen LogP contribution in [0.1, 0.15) is 174 Å². The van der Waals surface area contributed by atoms with Crippen molar-refractivity contribution in [3.8, 4) is 34.1 Å². The van der Waals surface area contributed by atoms with Crippen LogP contribution in [-0.4, -0.2) is 0 Å². The van der Waals surface area contributed by atoms with Crippen molar-refractivity contribution in [2.75, 3.05) is 0 Å². The molecule has 0 aliphatic carbocycles. The van der Waals surface area contributed by atoms with Crippen LogP contribution in [0.4, 0.5) is 0 Å². The third-order valence-electron chi connectivity index (χ3n) is 13.2. The van der Waals surface area contributed by atoms with Gasteiger partial charge >= 0.3 is 15.2 Å². The molecule has 0 saturated heterocycles. The third kappa shape index (κ3) is 13.8. The van der Waals surface area contributed by atoms with Gasteiger partial charge in [-0.05, 0) is 159 Å². The Labute approximate surface area is 434 Å². The Kier molecular flexibility index (Phi) is 20.5. The summed E-state index contributed by atoms with van der Waals surface area (Å²) in [5, 5.41) is 0.968. The van der Waals surface area contributed by atoms with Gasteiger partial charge in [0.2, 0.25) is 0 Å². The lowest BCUT2D eigenvalue weighted by Crippen LogP contribution is -2.18. The van der Waals surface area contributed by atoms with Crippen LogP contribution >= 0.6 is 15.2 Å². The van der Waals surface area contributed by atoms with E-state index in [0.717, 1.165) is 158 Å². The normalized spacial score (nSPS) is 11.8. The zero-order valence-electron chi connectivity index (χ0n) is 45.9. The topological polar surface area (TPSA) is 71.1 Å². The van der Waals surface area contributed by atoms with Gasteiger partial charge in [-0.15, -0.1) is 0 Å². The Bertz CT molecular complexity index is 2400. The van der Waals surface area contributed by atoms with Crippen molar-refractivity contribution in [1.29, 1.82) is 0 Å². The molecule has 0 atom stereocenters. The van der Waals surface area contributed by atoms with Gasteiger partial charge in [-0.1, -0.05) is 202 Å². The van der Waals surface area contributed by atoms with Crippen LogP contribution < -0.4 is 28.7 Å². The van der Waals surface area contributed by atoms with Crippen molar-refractivity contribution in [3.05, 3.63) is 164 Å². The lowest BCUT2D eigenvalue weighted by molar-refractivity contribution is 0.390. The highest BCUT2D eigenvalue weighted by molar-refractivity contribution is 7.63. The van der Waals surface area contributed by atoms with E-state index in [-0.39, 0.29) is 0 Å². The molecule has 0 N–H and O–H groups in total. The molecule has 0 aliphatic rings. The summed E-state index contributed by atoms with van der Waals surface area (Å²) in [5.74, 6) is 2.69. The molecule has 0 saturated carbocycles. The van der Waals surface area contributed by atoms with Crippen molar-refractivity contribution < 1.29 is 27.2 Å². The van der Waals surface area contributed by atoms with E-state index in [9.17, 15) is 0 Å². The van der Waals surface area contributed by atoms with Gasteiger partial charge < -0.3 is 18.1 Å². The number of hydrogen-bond donors (Lipinski definition) is 0. The molecule has 0 spiro atoms. The Morgan fingerprint density at radius 3 is 0.611 bits per heavy atom. The second kappa shape index (κ2) is 26.3. The summed E-state index contributed by atoms with van der Waals surface area (Å²) >= 11 is 0. The van der Waals surface area contributed by atoms with E-state index in [2.05, 4.69) is 132 Å². The summed E-state index contributed by atoms with van der Waals surface area (Å²) in [6, 6.07) is 32.9. The highest BCUT2D eigenvalue weighted by atomic mass is 31.2. The van der Waals surface area contributed by atoms with Gasteiger partial charge in [-0.2, -0.15) is 0 Å². The molecule has 386 valence electrons. The predicted octanol–water partition coefficient (Wildman–Crippen LogP) is 18.2. The summed E-state index contributed by atoms with van der Waals surface area (Å²) in [5.41, 5.74) is 14.9. The molecule has 0 unspecified atom stereocenters. The van der Waals surface area contributed by atoms with E-state index in [4.69, 9.17) is 18.1 Å². The van der Waals surface area contributed by atoms with Crippen LogP contribution in [0.2, 0.25) is 0 Å². The predicted molar refractivity (Wildman–Crippen MR) is 306 cm³/mol. The van der Waals surface area contributed by atoms with E-state index in [1.807, 2.05) is 48.5 Å². The van der Waals surface area contributed by atoms with Gasteiger partial charge in [-0.25, -0.2) is 9.13 Å². The van der Waals surface area contributed by atoms with Crippen molar-refractivity contribution in [2.45, 2.75) is 186 Å². The maximum atomic E-state index is 16.0. The molecular formula is C64H84O6P2. The van der Waals surface area contributed by atoms with Gasteiger partial charge in [0.05, 0.1) is 10.6 Å². The van der Waals surface area contributed by atoms with E-state index in [0.29, 0.717) is 33.6 Å². The Morgan fingerprint density at radius 1 is 0.292 bits per heavy atom. The maximum absolute atomic E-state index is 16.0. The Morgan fingerprint density at radius 2 is 0.458 bits per heavy atom. The van der Waals surface area contributed by atoms with Crippen molar-refractivity contribution in [1.82, 2.24) is 0 Å². The molecule has 6 aromatic carbocycles. The van der Waals surface area contributed by atoms with Gasteiger partial charge in [-0.3, -0.25) is 0 Å². The minimum absolute atomic E-state index is 0.484. The minimum Gasteiger partial charge on any atom is -0.412 e. The van der Waals surface area contributed by atoms with Crippen LogP contribution in [0.25, 0.3) is 11.1 Å². The van der Waals surface area contributed by atoms with Gasteiger partial charge in [0.25, 0.3) is 0 Å². The fraction of sp³-hybridized carbons (Fsp3) is 0.438. The van der Waals surface area contributed by atoms with Crippen molar-refractivity contribution >= 4 is 25.8 Å². The molecule has 0 bridgehead atoms. The molecule has 0 amide bonds. The van der Waals surface area contributed by atoms with Crippen LogP contribution in [-0.2, 0) is 60.5 Å². The fourth-order valence-electron chi connectivity index (χ4n) is 10.2.